The van der Waals surface area contributed by atoms with Gasteiger partial charge in [0.15, 0.2) is 0 Å². The van der Waals surface area contributed by atoms with Gasteiger partial charge in [-0.3, -0.25) is 4.98 Å². The Morgan fingerprint density at radius 2 is 1.48 bits per heavy atom. The standard InChI is InChI=1S/C24H23N5/c1-3-8-19(9-4-1)13-15-26-23-16-22(21-11-5-2-6-12-21)28-24(29-23)27-18-20-10-7-14-25-17-20/h1-12,14,16-17H,13,15,18H2,(H2,26,27,28,29). The highest BCUT2D eigenvalue weighted by Crippen LogP contribution is 2.21. The largest absolute Gasteiger partial charge is 0.370 e. The van der Waals surface area contributed by atoms with E-state index in [4.69, 9.17) is 4.98 Å². The van der Waals surface area contributed by atoms with Crippen molar-refractivity contribution in [1.29, 1.82) is 0 Å². The highest BCUT2D eigenvalue weighted by Gasteiger charge is 2.07. The minimum Gasteiger partial charge on any atom is -0.370 e. The van der Waals surface area contributed by atoms with Crippen LogP contribution in [-0.2, 0) is 13.0 Å². The van der Waals surface area contributed by atoms with E-state index < -0.39 is 0 Å². The zero-order valence-electron chi connectivity index (χ0n) is 16.1. The molecule has 2 aromatic heterocycles. The highest BCUT2D eigenvalue weighted by molar-refractivity contribution is 5.64. The molecule has 2 aromatic carbocycles. The third-order valence-corrected chi connectivity index (χ3v) is 4.53. The molecule has 5 nitrogen and oxygen atoms in total. The van der Waals surface area contributed by atoms with Crippen LogP contribution in [0.4, 0.5) is 11.8 Å². The normalized spacial score (nSPS) is 10.5. The van der Waals surface area contributed by atoms with E-state index in [9.17, 15) is 0 Å². The first-order chi connectivity index (χ1) is 14.4. The molecule has 0 unspecified atom stereocenters. The first-order valence-corrected chi connectivity index (χ1v) is 9.72. The quantitative estimate of drug-likeness (QED) is 0.459. The molecular weight excluding hydrogens is 358 g/mol. The summed E-state index contributed by atoms with van der Waals surface area (Å²) >= 11 is 0. The fourth-order valence-electron chi connectivity index (χ4n) is 3.04. The molecular formula is C24H23N5. The third kappa shape index (κ3) is 5.39. The van der Waals surface area contributed by atoms with E-state index >= 15 is 0 Å². The van der Waals surface area contributed by atoms with Crippen LogP contribution < -0.4 is 10.6 Å². The second kappa shape index (κ2) is 9.46. The van der Waals surface area contributed by atoms with E-state index in [1.807, 2.05) is 48.7 Å². The summed E-state index contributed by atoms with van der Waals surface area (Å²) in [4.78, 5) is 13.5. The lowest BCUT2D eigenvalue weighted by Gasteiger charge is -2.12. The van der Waals surface area contributed by atoms with Crippen molar-refractivity contribution in [3.8, 4) is 11.3 Å². The van der Waals surface area contributed by atoms with Crippen molar-refractivity contribution in [2.75, 3.05) is 17.2 Å². The van der Waals surface area contributed by atoms with Gasteiger partial charge in [0, 0.05) is 37.1 Å². The summed E-state index contributed by atoms with van der Waals surface area (Å²) in [5, 5.41) is 6.76. The average Bonchev–Trinajstić information content (AvgIpc) is 2.80. The van der Waals surface area contributed by atoms with Gasteiger partial charge < -0.3 is 10.6 Å². The van der Waals surface area contributed by atoms with Gasteiger partial charge in [-0.25, -0.2) is 4.98 Å². The van der Waals surface area contributed by atoms with E-state index in [-0.39, 0.29) is 0 Å². The van der Waals surface area contributed by atoms with Gasteiger partial charge in [-0.05, 0) is 23.6 Å². The molecule has 0 amide bonds. The molecule has 4 rings (SSSR count). The molecule has 0 aliphatic rings. The van der Waals surface area contributed by atoms with E-state index in [2.05, 4.69) is 57.0 Å². The second-order valence-electron chi connectivity index (χ2n) is 6.71. The van der Waals surface area contributed by atoms with E-state index in [1.54, 1.807) is 6.20 Å². The minimum atomic E-state index is 0.595. The smallest absolute Gasteiger partial charge is 0.225 e. The molecule has 0 radical (unpaired) electrons. The van der Waals surface area contributed by atoms with Gasteiger partial charge in [0.1, 0.15) is 5.82 Å². The van der Waals surface area contributed by atoms with Crippen LogP contribution in [0.2, 0.25) is 0 Å². The number of nitrogens with one attached hydrogen (secondary N) is 2. The molecule has 0 aliphatic carbocycles. The van der Waals surface area contributed by atoms with Gasteiger partial charge >= 0.3 is 0 Å². The second-order valence-corrected chi connectivity index (χ2v) is 6.71. The molecule has 0 atom stereocenters. The van der Waals surface area contributed by atoms with E-state index in [0.717, 1.165) is 35.6 Å². The lowest BCUT2D eigenvalue weighted by Crippen LogP contribution is -2.10. The summed E-state index contributed by atoms with van der Waals surface area (Å²) in [7, 11) is 0. The summed E-state index contributed by atoms with van der Waals surface area (Å²) in [6.45, 7) is 1.42. The molecule has 0 bridgehead atoms. The van der Waals surface area contributed by atoms with Gasteiger partial charge in [0.05, 0.1) is 5.69 Å². The van der Waals surface area contributed by atoms with Crippen molar-refractivity contribution >= 4 is 11.8 Å². The van der Waals surface area contributed by atoms with E-state index in [0.29, 0.717) is 12.5 Å². The number of hydrogen-bond donors (Lipinski definition) is 2. The monoisotopic (exact) mass is 381 g/mol. The Morgan fingerprint density at radius 3 is 2.24 bits per heavy atom. The number of anilines is 2. The van der Waals surface area contributed by atoms with Crippen LogP contribution in [0.25, 0.3) is 11.3 Å². The number of nitrogens with zero attached hydrogens (tertiary/aromatic N) is 3. The van der Waals surface area contributed by atoms with Crippen LogP contribution in [0.5, 0.6) is 0 Å². The van der Waals surface area contributed by atoms with Crippen molar-refractivity contribution in [1.82, 2.24) is 15.0 Å². The van der Waals surface area contributed by atoms with Gasteiger partial charge in [-0.2, -0.15) is 4.98 Å². The van der Waals surface area contributed by atoms with Crippen molar-refractivity contribution in [3.05, 3.63) is 102 Å². The third-order valence-electron chi connectivity index (χ3n) is 4.53. The van der Waals surface area contributed by atoms with Gasteiger partial charge in [-0.1, -0.05) is 66.7 Å². The SMILES string of the molecule is c1ccc(CCNc2cc(-c3ccccc3)nc(NCc3cccnc3)n2)cc1. The maximum absolute atomic E-state index is 4.70. The predicted octanol–water partition coefficient (Wildman–Crippen LogP) is 4.81. The first kappa shape index (κ1) is 18.6. The average molecular weight is 381 g/mol. The molecule has 5 heteroatoms. The van der Waals surface area contributed by atoms with Crippen molar-refractivity contribution in [3.63, 3.8) is 0 Å². The summed E-state index contributed by atoms with van der Waals surface area (Å²) in [6.07, 6.45) is 4.54. The molecule has 0 spiro atoms. The lowest BCUT2D eigenvalue weighted by atomic mass is 10.1. The van der Waals surface area contributed by atoms with Crippen LogP contribution in [0.15, 0.2) is 91.3 Å². The fraction of sp³-hybridized carbons (Fsp3) is 0.125. The summed E-state index contributed by atoms with van der Waals surface area (Å²) in [5.74, 6) is 1.40. The van der Waals surface area contributed by atoms with Crippen molar-refractivity contribution in [2.45, 2.75) is 13.0 Å². The summed E-state index contributed by atoms with van der Waals surface area (Å²) in [6, 6.07) is 26.5. The van der Waals surface area contributed by atoms with Crippen molar-refractivity contribution in [2.24, 2.45) is 0 Å². The number of hydrogen-bond acceptors (Lipinski definition) is 5. The molecule has 4 aromatic rings. The maximum Gasteiger partial charge on any atom is 0.225 e. The van der Waals surface area contributed by atoms with E-state index in [1.165, 1.54) is 5.56 Å². The number of rotatable bonds is 8. The number of aromatic nitrogens is 3. The first-order valence-electron chi connectivity index (χ1n) is 9.72. The summed E-state index contributed by atoms with van der Waals surface area (Å²) < 4.78 is 0. The Morgan fingerprint density at radius 1 is 0.724 bits per heavy atom. The fourth-order valence-corrected chi connectivity index (χ4v) is 3.04. The number of benzene rings is 2. The van der Waals surface area contributed by atoms with Crippen LogP contribution in [0, 0.1) is 0 Å². The Hall–Kier alpha value is -3.73. The van der Waals surface area contributed by atoms with Crippen LogP contribution in [0.3, 0.4) is 0 Å². The van der Waals surface area contributed by atoms with Crippen LogP contribution in [0.1, 0.15) is 11.1 Å². The molecule has 144 valence electrons. The Labute approximate surface area is 170 Å². The molecule has 0 saturated carbocycles. The molecule has 0 aliphatic heterocycles. The Balaban J connectivity index is 1.51. The predicted molar refractivity (Wildman–Crippen MR) is 118 cm³/mol. The minimum absolute atomic E-state index is 0.595. The molecule has 0 fully saturated rings. The van der Waals surface area contributed by atoms with Gasteiger partial charge in [0.25, 0.3) is 0 Å². The molecule has 2 heterocycles. The molecule has 0 saturated heterocycles. The lowest BCUT2D eigenvalue weighted by molar-refractivity contribution is 0.991. The zero-order valence-corrected chi connectivity index (χ0v) is 16.1. The number of pyridine rings is 1. The maximum atomic E-state index is 4.70. The molecule has 29 heavy (non-hydrogen) atoms. The van der Waals surface area contributed by atoms with Gasteiger partial charge in [-0.15, -0.1) is 0 Å². The van der Waals surface area contributed by atoms with Crippen molar-refractivity contribution < 1.29 is 0 Å². The highest BCUT2D eigenvalue weighted by atomic mass is 15.1. The topological polar surface area (TPSA) is 62.7 Å². The Bertz CT molecular complexity index is 1020. The molecule has 2 N–H and O–H groups in total. The van der Waals surface area contributed by atoms with Crippen LogP contribution in [-0.4, -0.2) is 21.5 Å². The summed E-state index contributed by atoms with van der Waals surface area (Å²) in [5.41, 5.74) is 4.33. The Kier molecular flexibility index (Phi) is 6.08. The van der Waals surface area contributed by atoms with Crippen LogP contribution >= 0.6 is 0 Å². The zero-order chi connectivity index (χ0) is 19.7. The van der Waals surface area contributed by atoms with Gasteiger partial charge in [0.2, 0.25) is 5.95 Å².